The average Bonchev–Trinajstić information content (AvgIpc) is 2.75. The molecule has 0 saturated carbocycles. The summed E-state index contributed by atoms with van der Waals surface area (Å²) in [6.45, 7) is 1.63. The molecule has 2 rings (SSSR count). The van der Waals surface area contributed by atoms with E-state index < -0.39 is 10.0 Å². The topological polar surface area (TPSA) is 111 Å². The van der Waals surface area contributed by atoms with Crippen molar-refractivity contribution in [3.8, 4) is 0 Å². The lowest BCUT2D eigenvalue weighted by molar-refractivity contribution is 0.600. The van der Waals surface area contributed by atoms with Crippen molar-refractivity contribution in [3.05, 3.63) is 22.2 Å². The van der Waals surface area contributed by atoms with E-state index in [1.807, 2.05) is 0 Å². The highest BCUT2D eigenvalue weighted by Crippen LogP contribution is 2.27. The van der Waals surface area contributed by atoms with Crippen molar-refractivity contribution < 1.29 is 8.42 Å². The van der Waals surface area contributed by atoms with E-state index in [0.29, 0.717) is 15.7 Å². The van der Waals surface area contributed by atoms with Crippen LogP contribution in [0.25, 0.3) is 0 Å². The van der Waals surface area contributed by atoms with Gasteiger partial charge in [0.25, 0.3) is 10.0 Å². The minimum atomic E-state index is -3.75. The number of sulfonamides is 1. The zero-order valence-corrected chi connectivity index (χ0v) is 12.3. The summed E-state index contributed by atoms with van der Waals surface area (Å²) in [5.74, 6) is 0. The molecular weight excluding hydrogens is 342 g/mol. The van der Waals surface area contributed by atoms with Crippen LogP contribution in [0, 0.1) is 6.92 Å². The van der Waals surface area contributed by atoms with Gasteiger partial charge in [-0.05, 0) is 29.8 Å². The molecule has 0 amide bonds. The molecule has 0 radical (unpaired) electrons. The molecule has 0 aliphatic rings. The maximum absolute atomic E-state index is 12.1. The molecule has 7 nitrogen and oxygen atoms in total. The lowest BCUT2D eigenvalue weighted by Crippen LogP contribution is -2.15. The van der Waals surface area contributed by atoms with Gasteiger partial charge < -0.3 is 5.73 Å². The molecule has 0 aliphatic carbocycles. The van der Waals surface area contributed by atoms with E-state index in [-0.39, 0.29) is 10.0 Å². The number of hydrogen-bond donors (Lipinski definition) is 2. The number of rotatable bonds is 3. The van der Waals surface area contributed by atoms with Gasteiger partial charge in [-0.15, -0.1) is 0 Å². The molecule has 0 bridgehead atoms. The summed E-state index contributed by atoms with van der Waals surface area (Å²) in [7, 11) is -3.75. The summed E-state index contributed by atoms with van der Waals surface area (Å²) in [5, 5.41) is 6.95. The van der Waals surface area contributed by atoms with Crippen molar-refractivity contribution in [2.75, 3.05) is 10.5 Å². The molecule has 0 fully saturated rings. The molecule has 0 aliphatic heterocycles. The number of halogens is 1. The Labute approximate surface area is 116 Å². The highest BCUT2D eigenvalue weighted by atomic mass is 79.9. The molecule has 1 heterocycles. The van der Waals surface area contributed by atoms with Crippen LogP contribution < -0.4 is 10.5 Å². The van der Waals surface area contributed by atoms with Crippen LogP contribution in [0.3, 0.4) is 0 Å². The highest BCUT2D eigenvalue weighted by molar-refractivity contribution is 9.10. The fourth-order valence-electron chi connectivity index (χ4n) is 1.30. The Morgan fingerprint density at radius 3 is 2.78 bits per heavy atom. The summed E-state index contributed by atoms with van der Waals surface area (Å²) in [6, 6.07) is 3.11. The Bertz CT molecular complexity index is 671. The van der Waals surface area contributed by atoms with Gasteiger partial charge in [0.2, 0.25) is 5.13 Å². The van der Waals surface area contributed by atoms with Crippen molar-refractivity contribution in [1.82, 2.24) is 14.8 Å². The van der Waals surface area contributed by atoms with Crippen molar-refractivity contribution >= 4 is 48.3 Å². The van der Waals surface area contributed by atoms with Crippen LogP contribution in [0.2, 0.25) is 0 Å². The first kappa shape index (κ1) is 13.2. The summed E-state index contributed by atoms with van der Waals surface area (Å²) in [6.07, 6.45) is 0. The molecule has 18 heavy (non-hydrogen) atoms. The van der Waals surface area contributed by atoms with Gasteiger partial charge in [0, 0.05) is 21.7 Å². The van der Waals surface area contributed by atoms with Gasteiger partial charge >= 0.3 is 0 Å². The number of nitrogens with two attached hydrogens (primary N) is 1. The molecule has 0 spiro atoms. The number of anilines is 2. The molecule has 3 N–H and O–H groups in total. The molecule has 0 saturated heterocycles. The van der Waals surface area contributed by atoms with Gasteiger partial charge in [-0.2, -0.15) is 0 Å². The van der Waals surface area contributed by atoms with E-state index in [1.54, 1.807) is 13.0 Å². The quantitative estimate of drug-likeness (QED) is 0.810. The maximum Gasteiger partial charge on any atom is 0.264 e. The monoisotopic (exact) mass is 349 g/mol. The largest absolute Gasteiger partial charge is 0.398 e. The third-order valence-electron chi connectivity index (χ3n) is 2.18. The predicted molar refractivity (Wildman–Crippen MR) is 71.8 cm³/mol. The fraction of sp³-hybridized carbons (Fsp3) is 0.125. The van der Waals surface area contributed by atoms with Crippen LogP contribution in [-0.4, -0.2) is 23.2 Å². The van der Waals surface area contributed by atoms with Crippen LogP contribution in [-0.2, 0) is 10.0 Å². The molecular formula is C8H8BrN5O2S2. The molecule has 10 heteroatoms. The Hall–Kier alpha value is -1.26. The number of hydrogen-bond acceptors (Lipinski definition) is 7. The second-order valence-electron chi connectivity index (χ2n) is 3.39. The number of nitrogens with one attached hydrogen (secondary N) is 1. The Balaban J connectivity index is 2.48. The van der Waals surface area contributed by atoms with Crippen molar-refractivity contribution in [1.29, 1.82) is 0 Å². The van der Waals surface area contributed by atoms with E-state index in [9.17, 15) is 8.42 Å². The van der Waals surface area contributed by atoms with Gasteiger partial charge in [-0.3, -0.25) is 4.72 Å². The first-order valence-corrected chi connectivity index (χ1v) is 7.68. The lowest BCUT2D eigenvalue weighted by atomic mass is 10.2. The zero-order chi connectivity index (χ0) is 13.3. The summed E-state index contributed by atoms with van der Waals surface area (Å²) < 4.78 is 30.6. The molecule has 96 valence electrons. The number of nitrogens with zero attached hydrogens (tertiary/aromatic N) is 3. The second kappa shape index (κ2) is 4.78. The van der Waals surface area contributed by atoms with Gasteiger partial charge in [-0.1, -0.05) is 25.5 Å². The predicted octanol–water partition coefficient (Wildman–Crippen LogP) is 1.39. The highest BCUT2D eigenvalue weighted by Gasteiger charge is 2.20. The Morgan fingerprint density at radius 2 is 2.17 bits per heavy atom. The van der Waals surface area contributed by atoms with Crippen LogP contribution in [0.4, 0.5) is 10.8 Å². The molecule has 1 aromatic heterocycles. The molecule has 0 atom stereocenters. The van der Waals surface area contributed by atoms with E-state index >= 15 is 0 Å². The second-order valence-corrected chi connectivity index (χ2v) is 6.69. The zero-order valence-electron chi connectivity index (χ0n) is 9.08. The third kappa shape index (κ3) is 2.60. The minimum absolute atomic E-state index is 0.0876. The molecule has 2 aromatic rings. The summed E-state index contributed by atoms with van der Waals surface area (Å²) in [5.41, 5.74) is 6.60. The van der Waals surface area contributed by atoms with Crippen LogP contribution >= 0.6 is 27.5 Å². The summed E-state index contributed by atoms with van der Waals surface area (Å²) >= 11 is 4.06. The van der Waals surface area contributed by atoms with Gasteiger partial charge in [0.1, 0.15) is 0 Å². The first-order valence-electron chi connectivity index (χ1n) is 4.63. The molecule has 1 aromatic carbocycles. The normalized spacial score (nSPS) is 11.4. The lowest BCUT2D eigenvalue weighted by Gasteiger charge is -2.10. The number of benzene rings is 1. The average molecular weight is 350 g/mol. The number of nitrogen functional groups attached to an aromatic ring is 1. The van der Waals surface area contributed by atoms with Crippen LogP contribution in [0.15, 0.2) is 21.5 Å². The van der Waals surface area contributed by atoms with E-state index in [4.69, 9.17) is 5.73 Å². The van der Waals surface area contributed by atoms with E-state index in [2.05, 4.69) is 35.5 Å². The third-order valence-corrected chi connectivity index (χ3v) is 4.74. The van der Waals surface area contributed by atoms with Gasteiger partial charge in [-0.25, -0.2) is 8.42 Å². The summed E-state index contributed by atoms with van der Waals surface area (Å²) in [4.78, 5) is 0.0876. The van der Waals surface area contributed by atoms with E-state index in [1.165, 1.54) is 6.07 Å². The van der Waals surface area contributed by atoms with Gasteiger partial charge in [0.05, 0.1) is 4.90 Å². The maximum atomic E-state index is 12.1. The van der Waals surface area contributed by atoms with Crippen LogP contribution in [0.5, 0.6) is 0 Å². The number of aromatic nitrogens is 3. The molecule has 0 unspecified atom stereocenters. The van der Waals surface area contributed by atoms with Crippen molar-refractivity contribution in [3.63, 3.8) is 0 Å². The Morgan fingerprint density at radius 1 is 1.44 bits per heavy atom. The van der Waals surface area contributed by atoms with Crippen molar-refractivity contribution in [2.45, 2.75) is 11.8 Å². The van der Waals surface area contributed by atoms with E-state index in [0.717, 1.165) is 11.5 Å². The first-order chi connectivity index (χ1) is 8.40. The van der Waals surface area contributed by atoms with Crippen LogP contribution in [0.1, 0.15) is 5.56 Å². The standard InChI is InChI=1S/C8H8BrN5O2S2/c1-4-6(10)2-5(9)3-7(4)18(15,16)12-8-11-13-14-17-8/h2-3H,10H2,1H3,(H,11,12,14). The van der Waals surface area contributed by atoms with Crippen molar-refractivity contribution in [2.24, 2.45) is 0 Å². The van der Waals surface area contributed by atoms with Gasteiger partial charge in [0.15, 0.2) is 0 Å². The SMILES string of the molecule is Cc1c(N)cc(Br)cc1S(=O)(=O)Nc1nnns1. The fourth-order valence-corrected chi connectivity index (χ4v) is 3.81. The Kier molecular flexibility index (Phi) is 3.50. The minimum Gasteiger partial charge on any atom is -0.398 e. The smallest absolute Gasteiger partial charge is 0.264 e.